The van der Waals surface area contributed by atoms with Gasteiger partial charge in [-0.15, -0.1) is 0 Å². The molecule has 0 unspecified atom stereocenters. The van der Waals surface area contributed by atoms with E-state index in [0.29, 0.717) is 55.5 Å². The number of carbonyl (C=O) groups is 2. The largest absolute Gasteiger partial charge is 0.399 e. The summed E-state index contributed by atoms with van der Waals surface area (Å²) in [5, 5.41) is 3.15. The maximum absolute atomic E-state index is 12.5. The molecule has 0 bridgehead atoms. The van der Waals surface area contributed by atoms with Gasteiger partial charge in [-0.3, -0.25) is 14.5 Å². The SMILES string of the molecule is CCNC(=O)CN1CCN(C(=O)c2ccc(N)cc2Cl)CC1. The van der Waals surface area contributed by atoms with Crippen LogP contribution < -0.4 is 11.1 Å². The molecule has 1 aromatic carbocycles. The van der Waals surface area contributed by atoms with Gasteiger partial charge in [0.25, 0.3) is 5.91 Å². The lowest BCUT2D eigenvalue weighted by atomic mass is 10.1. The minimum absolute atomic E-state index is 0.0175. The molecule has 1 fully saturated rings. The molecule has 22 heavy (non-hydrogen) atoms. The van der Waals surface area contributed by atoms with E-state index < -0.39 is 0 Å². The molecule has 2 amide bonds. The van der Waals surface area contributed by atoms with Crippen LogP contribution in [0.15, 0.2) is 18.2 Å². The van der Waals surface area contributed by atoms with Crippen LogP contribution in [0.1, 0.15) is 17.3 Å². The molecule has 1 heterocycles. The van der Waals surface area contributed by atoms with Crippen LogP contribution >= 0.6 is 11.6 Å². The molecule has 120 valence electrons. The van der Waals surface area contributed by atoms with E-state index in [1.807, 2.05) is 11.8 Å². The van der Waals surface area contributed by atoms with Crippen LogP contribution in [0.25, 0.3) is 0 Å². The number of hydrogen-bond acceptors (Lipinski definition) is 4. The van der Waals surface area contributed by atoms with Crippen LogP contribution in [-0.2, 0) is 4.79 Å². The number of anilines is 1. The standard InChI is InChI=1S/C15H21ClN4O2/c1-2-18-14(21)10-19-5-7-20(8-6-19)15(22)12-4-3-11(17)9-13(12)16/h3-4,9H,2,5-8,10,17H2,1H3,(H,18,21). The zero-order valence-corrected chi connectivity index (χ0v) is 13.4. The summed E-state index contributed by atoms with van der Waals surface area (Å²) in [6.45, 7) is 5.42. The van der Waals surface area contributed by atoms with Gasteiger partial charge < -0.3 is 16.0 Å². The van der Waals surface area contributed by atoms with Crippen molar-refractivity contribution < 1.29 is 9.59 Å². The second-order valence-electron chi connectivity index (χ2n) is 5.26. The summed E-state index contributed by atoms with van der Waals surface area (Å²) in [6, 6.07) is 4.91. The van der Waals surface area contributed by atoms with Gasteiger partial charge in [-0.1, -0.05) is 11.6 Å². The van der Waals surface area contributed by atoms with Crippen molar-refractivity contribution in [2.24, 2.45) is 0 Å². The van der Waals surface area contributed by atoms with Crippen LogP contribution in [0, 0.1) is 0 Å². The first-order valence-corrected chi connectivity index (χ1v) is 7.72. The Hall–Kier alpha value is -1.79. The van der Waals surface area contributed by atoms with Gasteiger partial charge in [-0.2, -0.15) is 0 Å². The van der Waals surface area contributed by atoms with E-state index in [-0.39, 0.29) is 11.8 Å². The summed E-state index contributed by atoms with van der Waals surface area (Å²) in [6.07, 6.45) is 0. The van der Waals surface area contributed by atoms with Gasteiger partial charge in [-0.25, -0.2) is 0 Å². The van der Waals surface area contributed by atoms with Gasteiger partial charge in [0.05, 0.1) is 17.1 Å². The topological polar surface area (TPSA) is 78.7 Å². The highest BCUT2D eigenvalue weighted by Crippen LogP contribution is 2.21. The highest BCUT2D eigenvalue weighted by molar-refractivity contribution is 6.34. The third-order valence-corrected chi connectivity index (χ3v) is 3.94. The molecule has 0 aliphatic carbocycles. The van der Waals surface area contributed by atoms with Crippen molar-refractivity contribution >= 4 is 29.1 Å². The summed E-state index contributed by atoms with van der Waals surface area (Å²) in [5.74, 6) is -0.0773. The van der Waals surface area contributed by atoms with Gasteiger partial charge in [-0.05, 0) is 25.1 Å². The molecule has 0 saturated carbocycles. The Bertz CT molecular complexity index is 556. The maximum Gasteiger partial charge on any atom is 0.255 e. The minimum atomic E-state index is -0.0948. The number of nitrogens with zero attached hydrogens (tertiary/aromatic N) is 2. The van der Waals surface area contributed by atoms with Gasteiger partial charge in [0.2, 0.25) is 5.91 Å². The Kier molecular flexibility index (Phi) is 5.63. The number of nitrogen functional groups attached to an aromatic ring is 1. The molecule has 0 aromatic heterocycles. The second-order valence-corrected chi connectivity index (χ2v) is 5.67. The van der Waals surface area contributed by atoms with Crippen molar-refractivity contribution in [2.75, 3.05) is 45.0 Å². The average Bonchev–Trinajstić information content (AvgIpc) is 2.47. The lowest BCUT2D eigenvalue weighted by molar-refractivity contribution is -0.122. The van der Waals surface area contributed by atoms with E-state index in [1.54, 1.807) is 23.1 Å². The van der Waals surface area contributed by atoms with Crippen molar-refractivity contribution in [3.8, 4) is 0 Å². The molecule has 1 aliphatic heterocycles. The number of piperazine rings is 1. The molecule has 1 aliphatic rings. The summed E-state index contributed by atoms with van der Waals surface area (Å²) in [5.41, 5.74) is 6.64. The number of amides is 2. The zero-order chi connectivity index (χ0) is 16.1. The predicted octanol–water partition coefficient (Wildman–Crippen LogP) is 0.816. The second kappa shape index (κ2) is 7.47. The Morgan fingerprint density at radius 3 is 2.55 bits per heavy atom. The summed E-state index contributed by atoms with van der Waals surface area (Å²) in [7, 11) is 0. The maximum atomic E-state index is 12.5. The van der Waals surface area contributed by atoms with Gasteiger partial charge in [0, 0.05) is 38.4 Å². The number of carbonyl (C=O) groups excluding carboxylic acids is 2. The van der Waals surface area contributed by atoms with E-state index in [1.165, 1.54) is 0 Å². The number of halogens is 1. The summed E-state index contributed by atoms with van der Waals surface area (Å²) >= 11 is 6.09. The summed E-state index contributed by atoms with van der Waals surface area (Å²) in [4.78, 5) is 27.8. The molecule has 3 N–H and O–H groups in total. The van der Waals surface area contributed by atoms with E-state index in [4.69, 9.17) is 17.3 Å². The van der Waals surface area contributed by atoms with E-state index in [2.05, 4.69) is 5.32 Å². The first-order chi connectivity index (χ1) is 10.5. The molecule has 6 nitrogen and oxygen atoms in total. The molecule has 7 heteroatoms. The Labute approximate surface area is 135 Å². The molecule has 0 atom stereocenters. The monoisotopic (exact) mass is 324 g/mol. The first kappa shape index (κ1) is 16.6. The lowest BCUT2D eigenvalue weighted by Crippen LogP contribution is -2.51. The molecule has 1 aromatic rings. The molecule has 1 saturated heterocycles. The fraction of sp³-hybridized carbons (Fsp3) is 0.467. The predicted molar refractivity (Wildman–Crippen MR) is 86.9 cm³/mol. The third-order valence-electron chi connectivity index (χ3n) is 3.62. The molecule has 0 radical (unpaired) electrons. The van der Waals surface area contributed by atoms with Crippen LogP contribution in [0.4, 0.5) is 5.69 Å². The van der Waals surface area contributed by atoms with Gasteiger partial charge in [0.15, 0.2) is 0 Å². The van der Waals surface area contributed by atoms with Crippen molar-refractivity contribution in [1.82, 2.24) is 15.1 Å². The highest BCUT2D eigenvalue weighted by atomic mass is 35.5. The smallest absolute Gasteiger partial charge is 0.255 e. The van der Waals surface area contributed by atoms with Crippen molar-refractivity contribution in [1.29, 1.82) is 0 Å². The first-order valence-electron chi connectivity index (χ1n) is 7.34. The number of rotatable bonds is 4. The van der Waals surface area contributed by atoms with Crippen LogP contribution in [0.2, 0.25) is 5.02 Å². The number of benzene rings is 1. The molecule has 0 spiro atoms. The Morgan fingerprint density at radius 2 is 1.95 bits per heavy atom. The van der Waals surface area contributed by atoms with Crippen molar-refractivity contribution in [3.63, 3.8) is 0 Å². The van der Waals surface area contributed by atoms with Crippen LogP contribution in [-0.4, -0.2) is 60.9 Å². The Morgan fingerprint density at radius 1 is 1.27 bits per heavy atom. The molecular formula is C15H21ClN4O2. The van der Waals surface area contributed by atoms with Gasteiger partial charge in [0.1, 0.15) is 0 Å². The van der Waals surface area contributed by atoms with E-state index in [9.17, 15) is 9.59 Å². The normalized spacial score (nSPS) is 15.6. The third kappa shape index (κ3) is 4.11. The highest BCUT2D eigenvalue weighted by Gasteiger charge is 2.24. The lowest BCUT2D eigenvalue weighted by Gasteiger charge is -2.34. The van der Waals surface area contributed by atoms with E-state index in [0.717, 1.165) is 0 Å². The zero-order valence-electron chi connectivity index (χ0n) is 12.6. The van der Waals surface area contributed by atoms with Crippen molar-refractivity contribution in [2.45, 2.75) is 6.92 Å². The molecule has 2 rings (SSSR count). The fourth-order valence-corrected chi connectivity index (χ4v) is 2.71. The summed E-state index contributed by atoms with van der Waals surface area (Å²) < 4.78 is 0. The van der Waals surface area contributed by atoms with Gasteiger partial charge >= 0.3 is 0 Å². The minimum Gasteiger partial charge on any atom is -0.399 e. The fourth-order valence-electron chi connectivity index (χ4n) is 2.44. The van der Waals surface area contributed by atoms with Crippen molar-refractivity contribution in [3.05, 3.63) is 28.8 Å². The number of nitrogens with two attached hydrogens (primary N) is 1. The quantitative estimate of drug-likeness (QED) is 0.804. The number of hydrogen-bond donors (Lipinski definition) is 2. The van der Waals surface area contributed by atoms with Crippen LogP contribution in [0.3, 0.4) is 0 Å². The number of likely N-dealkylation sites (N-methyl/N-ethyl adjacent to an activating group) is 1. The van der Waals surface area contributed by atoms with Crippen LogP contribution in [0.5, 0.6) is 0 Å². The number of nitrogens with one attached hydrogen (secondary N) is 1. The molecular weight excluding hydrogens is 304 g/mol. The van der Waals surface area contributed by atoms with E-state index >= 15 is 0 Å². The Balaban J connectivity index is 1.91. The average molecular weight is 325 g/mol.